The van der Waals surface area contributed by atoms with Gasteiger partial charge < -0.3 is 10.2 Å². The van der Waals surface area contributed by atoms with Crippen molar-refractivity contribution in [2.45, 2.75) is 44.2 Å². The molecule has 2 rings (SSSR count). The van der Waals surface area contributed by atoms with Crippen LogP contribution in [0.4, 0.5) is 0 Å². The molecule has 1 unspecified atom stereocenters. The largest absolute Gasteiger partial charge is 0.312 e. The summed E-state index contributed by atoms with van der Waals surface area (Å²) in [7, 11) is 2.29. The molecule has 1 saturated heterocycles. The fraction of sp³-hybridized carbons (Fsp3) is 1.00. The summed E-state index contributed by atoms with van der Waals surface area (Å²) in [4.78, 5) is 2.56. The van der Waals surface area contributed by atoms with Crippen molar-refractivity contribution in [3.63, 3.8) is 0 Å². The number of hydrogen-bond donors (Lipinski definition) is 1. The van der Waals surface area contributed by atoms with Crippen LogP contribution < -0.4 is 5.32 Å². The highest BCUT2D eigenvalue weighted by molar-refractivity contribution is 7.99. The van der Waals surface area contributed by atoms with Crippen LogP contribution in [0.5, 0.6) is 0 Å². The molecule has 2 fully saturated rings. The predicted molar refractivity (Wildman–Crippen MR) is 68.6 cm³/mol. The van der Waals surface area contributed by atoms with Crippen LogP contribution in [0.3, 0.4) is 0 Å². The van der Waals surface area contributed by atoms with E-state index in [0.29, 0.717) is 0 Å². The van der Waals surface area contributed by atoms with Crippen molar-refractivity contribution in [2.24, 2.45) is 0 Å². The number of thioether (sulfide) groups is 1. The quantitative estimate of drug-likeness (QED) is 0.774. The normalized spacial score (nSPS) is 28.0. The first kappa shape index (κ1) is 11.7. The number of hydrogen-bond acceptors (Lipinski definition) is 3. The number of rotatable bonds is 5. The summed E-state index contributed by atoms with van der Waals surface area (Å²) in [5.41, 5.74) is 0. The van der Waals surface area contributed by atoms with E-state index in [-0.39, 0.29) is 0 Å². The van der Waals surface area contributed by atoms with E-state index in [1.807, 2.05) is 0 Å². The summed E-state index contributed by atoms with van der Waals surface area (Å²) < 4.78 is 0. The van der Waals surface area contributed by atoms with Gasteiger partial charge in [-0.15, -0.1) is 0 Å². The molecule has 1 N–H and O–H groups in total. The average molecular weight is 228 g/mol. The second kappa shape index (κ2) is 6.12. The van der Waals surface area contributed by atoms with Crippen molar-refractivity contribution in [3.05, 3.63) is 0 Å². The first-order chi connectivity index (χ1) is 7.36. The van der Waals surface area contributed by atoms with Crippen molar-refractivity contribution < 1.29 is 0 Å². The van der Waals surface area contributed by atoms with Crippen LogP contribution in [0.2, 0.25) is 0 Å². The van der Waals surface area contributed by atoms with Crippen LogP contribution >= 0.6 is 11.8 Å². The number of likely N-dealkylation sites (N-methyl/N-ethyl adjacent to an activating group) is 1. The van der Waals surface area contributed by atoms with E-state index in [9.17, 15) is 0 Å². The molecule has 88 valence electrons. The van der Waals surface area contributed by atoms with E-state index in [1.54, 1.807) is 0 Å². The Bertz CT molecular complexity index is 174. The lowest BCUT2D eigenvalue weighted by Crippen LogP contribution is -2.39. The van der Waals surface area contributed by atoms with Crippen molar-refractivity contribution in [1.82, 2.24) is 10.2 Å². The molecule has 0 bridgehead atoms. The molecule has 1 heterocycles. The van der Waals surface area contributed by atoms with Crippen molar-refractivity contribution in [1.29, 1.82) is 0 Å². The van der Waals surface area contributed by atoms with Gasteiger partial charge in [0.05, 0.1) is 0 Å². The maximum atomic E-state index is 3.67. The molecule has 0 amide bonds. The molecule has 0 spiro atoms. The summed E-state index contributed by atoms with van der Waals surface area (Å²) in [6.07, 6.45) is 7.12. The minimum atomic E-state index is 0.798. The van der Waals surface area contributed by atoms with Crippen LogP contribution in [0.1, 0.15) is 32.1 Å². The second-order valence-corrected chi connectivity index (χ2v) is 6.08. The third-order valence-corrected chi connectivity index (χ3v) is 4.94. The zero-order chi connectivity index (χ0) is 10.5. The summed E-state index contributed by atoms with van der Waals surface area (Å²) in [6, 6.07) is 1.68. The van der Waals surface area contributed by atoms with Crippen LogP contribution in [-0.2, 0) is 0 Å². The number of nitrogens with zero attached hydrogens (tertiary/aromatic N) is 1. The van der Waals surface area contributed by atoms with Crippen molar-refractivity contribution >= 4 is 11.8 Å². The van der Waals surface area contributed by atoms with Crippen molar-refractivity contribution in [2.75, 3.05) is 31.6 Å². The Kier molecular flexibility index (Phi) is 4.79. The summed E-state index contributed by atoms with van der Waals surface area (Å²) >= 11 is 2.09. The highest BCUT2D eigenvalue weighted by Gasteiger charge is 2.19. The van der Waals surface area contributed by atoms with Gasteiger partial charge in [-0.1, -0.05) is 12.8 Å². The minimum absolute atomic E-state index is 0.798. The van der Waals surface area contributed by atoms with Gasteiger partial charge in [0, 0.05) is 30.9 Å². The molecule has 3 heteroatoms. The topological polar surface area (TPSA) is 15.3 Å². The molecule has 0 aromatic heterocycles. The average Bonchev–Trinajstić information content (AvgIpc) is 2.90. The zero-order valence-electron chi connectivity index (χ0n) is 9.87. The van der Waals surface area contributed by atoms with Crippen LogP contribution in [0.25, 0.3) is 0 Å². The van der Waals surface area contributed by atoms with Gasteiger partial charge in [0.25, 0.3) is 0 Å². The smallest absolute Gasteiger partial charge is 0.0166 e. The first-order valence-corrected chi connectivity index (χ1v) is 7.53. The minimum Gasteiger partial charge on any atom is -0.312 e. The summed E-state index contributed by atoms with van der Waals surface area (Å²) in [6.45, 7) is 2.41. The van der Waals surface area contributed by atoms with E-state index in [2.05, 4.69) is 29.0 Å². The van der Waals surface area contributed by atoms with Gasteiger partial charge in [-0.25, -0.2) is 0 Å². The van der Waals surface area contributed by atoms with E-state index >= 15 is 0 Å². The van der Waals surface area contributed by atoms with Gasteiger partial charge in [0.2, 0.25) is 0 Å². The van der Waals surface area contributed by atoms with Gasteiger partial charge >= 0.3 is 0 Å². The van der Waals surface area contributed by atoms with Gasteiger partial charge in [0.15, 0.2) is 0 Å². The zero-order valence-corrected chi connectivity index (χ0v) is 10.7. The Morgan fingerprint density at radius 1 is 1.27 bits per heavy atom. The molecule has 2 nitrogen and oxygen atoms in total. The van der Waals surface area contributed by atoms with Crippen LogP contribution in [0.15, 0.2) is 0 Å². The van der Waals surface area contributed by atoms with E-state index in [0.717, 1.165) is 12.1 Å². The standard InChI is InChI=1S/C12H24N2S/c1-14(12-4-2-3-5-12)8-7-13-11-6-9-15-10-11/h11-13H,2-10H2,1H3. The third-order valence-electron chi connectivity index (χ3n) is 3.78. The Morgan fingerprint density at radius 2 is 2.07 bits per heavy atom. The fourth-order valence-corrected chi connectivity index (χ4v) is 3.86. The lowest BCUT2D eigenvalue weighted by atomic mass is 10.2. The van der Waals surface area contributed by atoms with Crippen molar-refractivity contribution in [3.8, 4) is 0 Å². The molecule has 1 saturated carbocycles. The van der Waals surface area contributed by atoms with Gasteiger partial charge in [-0.2, -0.15) is 11.8 Å². The first-order valence-electron chi connectivity index (χ1n) is 6.37. The molecule has 2 aliphatic rings. The lowest BCUT2D eigenvalue weighted by Gasteiger charge is -2.24. The molecular weight excluding hydrogens is 204 g/mol. The Labute approximate surface area is 98.2 Å². The van der Waals surface area contributed by atoms with Crippen LogP contribution in [0, 0.1) is 0 Å². The van der Waals surface area contributed by atoms with Gasteiger partial charge in [-0.05, 0) is 32.1 Å². The molecule has 1 atom stereocenters. The highest BCUT2D eigenvalue weighted by atomic mass is 32.2. The fourth-order valence-electron chi connectivity index (χ4n) is 2.67. The molecule has 0 aromatic carbocycles. The van der Waals surface area contributed by atoms with E-state index < -0.39 is 0 Å². The maximum Gasteiger partial charge on any atom is 0.0166 e. The highest BCUT2D eigenvalue weighted by Crippen LogP contribution is 2.22. The Morgan fingerprint density at radius 3 is 2.73 bits per heavy atom. The maximum absolute atomic E-state index is 3.67. The molecule has 0 aromatic rings. The SMILES string of the molecule is CN(CCNC1CCSC1)C1CCCC1. The molecule has 1 aliphatic carbocycles. The van der Waals surface area contributed by atoms with Crippen LogP contribution in [-0.4, -0.2) is 48.6 Å². The molecule has 15 heavy (non-hydrogen) atoms. The van der Waals surface area contributed by atoms with Gasteiger partial charge in [0.1, 0.15) is 0 Å². The second-order valence-electron chi connectivity index (χ2n) is 4.93. The monoisotopic (exact) mass is 228 g/mol. The molecule has 1 aliphatic heterocycles. The summed E-state index contributed by atoms with van der Waals surface area (Å²) in [5, 5.41) is 3.67. The number of nitrogens with one attached hydrogen (secondary N) is 1. The molecule has 0 radical (unpaired) electrons. The van der Waals surface area contributed by atoms with E-state index in [1.165, 1.54) is 56.7 Å². The summed E-state index contributed by atoms with van der Waals surface area (Å²) in [5.74, 6) is 2.68. The third kappa shape index (κ3) is 3.65. The lowest BCUT2D eigenvalue weighted by molar-refractivity contribution is 0.243. The predicted octanol–water partition coefficient (Wildman–Crippen LogP) is 1.96. The Hall–Kier alpha value is 0.270. The van der Waals surface area contributed by atoms with Gasteiger partial charge in [-0.3, -0.25) is 0 Å². The molecular formula is C12H24N2S. The Balaban J connectivity index is 1.56. The van der Waals surface area contributed by atoms with E-state index in [4.69, 9.17) is 0 Å².